The monoisotopic (exact) mass is 215 g/mol. The zero-order chi connectivity index (χ0) is 7.84. The van der Waals surface area contributed by atoms with Gasteiger partial charge in [-0.25, -0.2) is 0 Å². The Morgan fingerprint density at radius 3 is 3.18 bits per heavy atom. The zero-order valence-corrected chi connectivity index (χ0v) is 6.96. The summed E-state index contributed by atoms with van der Waals surface area (Å²) in [6, 6.07) is 5.22. The van der Waals surface area contributed by atoms with Gasteiger partial charge in [-0.2, -0.15) is 0 Å². The Morgan fingerprint density at radius 2 is 2.36 bits per heavy atom. The third-order valence-corrected chi connectivity index (χ3v) is 1.89. The first-order valence-electron chi connectivity index (χ1n) is 2.97. The second-order valence-electron chi connectivity index (χ2n) is 2.11. The number of aromatic nitrogens is 2. The molecule has 0 aliphatic heterocycles. The molecule has 0 aliphatic rings. The fourth-order valence-electron chi connectivity index (χ4n) is 0.889. The van der Waals surface area contributed by atoms with Gasteiger partial charge in [-0.15, -0.1) is 0 Å². The zero-order valence-electron chi connectivity index (χ0n) is 5.37. The van der Waals surface area contributed by atoms with Crippen LogP contribution in [0.25, 0.3) is 11.0 Å². The van der Waals surface area contributed by atoms with Crippen molar-refractivity contribution in [3.8, 4) is 0 Å². The third kappa shape index (κ3) is 0.970. The summed E-state index contributed by atoms with van der Waals surface area (Å²) < 4.78 is 5.82. The Kier molecular flexibility index (Phi) is 1.32. The summed E-state index contributed by atoms with van der Waals surface area (Å²) in [5, 5.41) is 2.47. The number of benzene rings is 1. The van der Waals surface area contributed by atoms with Crippen LogP contribution in [-0.2, 0) is 0 Å². The van der Waals surface area contributed by atoms with Gasteiger partial charge in [0.2, 0.25) is 5.52 Å². The Bertz CT molecular complexity index is 445. The Labute approximate surface area is 69.5 Å². The number of nitrogens with zero attached hydrogens (tertiary/aromatic N) is 1. The molecule has 0 radical (unpaired) electrons. The standard InChI is InChI=1S/C6H4BrN2O2/c7-4-1-2-6-5(3-4)8-11-9(6)10/h1-3,8H/q+1. The maximum Gasteiger partial charge on any atom is 0.272 e. The van der Waals surface area contributed by atoms with Crippen molar-refractivity contribution in [1.82, 2.24) is 5.16 Å². The summed E-state index contributed by atoms with van der Waals surface area (Å²) in [7, 11) is 0. The van der Waals surface area contributed by atoms with Crippen LogP contribution in [-0.4, -0.2) is 5.16 Å². The molecular formula is C6H4BrN2O2+. The van der Waals surface area contributed by atoms with E-state index in [1.54, 1.807) is 18.2 Å². The van der Waals surface area contributed by atoms with Crippen molar-refractivity contribution in [2.24, 2.45) is 0 Å². The van der Waals surface area contributed by atoms with Gasteiger partial charge < -0.3 is 0 Å². The summed E-state index contributed by atoms with van der Waals surface area (Å²) in [6.45, 7) is 0. The fourth-order valence-corrected chi connectivity index (χ4v) is 1.25. The van der Waals surface area contributed by atoms with E-state index in [1.165, 1.54) is 0 Å². The van der Waals surface area contributed by atoms with Crippen molar-refractivity contribution in [2.45, 2.75) is 0 Å². The molecule has 1 aromatic heterocycles. The Morgan fingerprint density at radius 1 is 1.55 bits per heavy atom. The van der Waals surface area contributed by atoms with E-state index in [1.807, 2.05) is 0 Å². The van der Waals surface area contributed by atoms with E-state index in [0.717, 1.165) is 4.47 Å². The number of hydrogen-bond acceptors (Lipinski definition) is 2. The number of H-pyrrole nitrogens is 1. The average Bonchev–Trinajstić information content (AvgIpc) is 2.32. The molecule has 56 valence electrons. The molecular weight excluding hydrogens is 212 g/mol. The highest BCUT2D eigenvalue weighted by atomic mass is 79.9. The number of nitrogens with one attached hydrogen (secondary N) is 1. The van der Waals surface area contributed by atoms with Crippen molar-refractivity contribution < 1.29 is 9.23 Å². The molecule has 0 saturated heterocycles. The first kappa shape index (κ1) is 6.60. The number of rotatable bonds is 0. The lowest BCUT2D eigenvalue weighted by atomic mass is 10.3. The van der Waals surface area contributed by atoms with Crippen LogP contribution >= 0.6 is 15.9 Å². The molecule has 1 N–H and O–H groups in total. The highest BCUT2D eigenvalue weighted by molar-refractivity contribution is 9.10. The van der Waals surface area contributed by atoms with Gasteiger partial charge in [0, 0.05) is 10.5 Å². The summed E-state index contributed by atoms with van der Waals surface area (Å²) in [5.74, 6) is 0. The Hall–Kier alpha value is -1.10. The largest absolute Gasteiger partial charge is 0.272 e. The van der Waals surface area contributed by atoms with Crippen molar-refractivity contribution in [2.75, 3.05) is 0 Å². The first-order valence-corrected chi connectivity index (χ1v) is 3.76. The Balaban J connectivity index is 2.97. The maximum absolute atomic E-state index is 10.8. The molecule has 0 amide bonds. The van der Waals surface area contributed by atoms with Crippen molar-refractivity contribution in [1.29, 1.82) is 0 Å². The van der Waals surface area contributed by atoms with Crippen LogP contribution in [0.5, 0.6) is 0 Å². The SMILES string of the molecule is O=[n+]1o[nH]c2cc(Br)ccc21. The van der Waals surface area contributed by atoms with Gasteiger partial charge in [0.1, 0.15) is 0 Å². The van der Waals surface area contributed by atoms with Gasteiger partial charge in [-0.3, -0.25) is 0 Å². The molecule has 5 heteroatoms. The van der Waals surface area contributed by atoms with Gasteiger partial charge in [0.15, 0.2) is 4.60 Å². The molecule has 2 aromatic rings. The molecule has 0 aliphatic carbocycles. The van der Waals surface area contributed by atoms with Crippen LogP contribution in [0.4, 0.5) is 0 Å². The van der Waals surface area contributed by atoms with Crippen molar-refractivity contribution in [3.05, 3.63) is 27.6 Å². The first-order chi connectivity index (χ1) is 5.27. The second-order valence-corrected chi connectivity index (χ2v) is 3.03. The summed E-state index contributed by atoms with van der Waals surface area (Å²) in [4.78, 5) is 10.8. The van der Waals surface area contributed by atoms with E-state index in [2.05, 4.69) is 25.7 Å². The van der Waals surface area contributed by atoms with Gasteiger partial charge in [-0.05, 0) is 17.0 Å². The molecule has 4 nitrogen and oxygen atoms in total. The molecule has 0 fully saturated rings. The maximum atomic E-state index is 10.8. The molecule has 11 heavy (non-hydrogen) atoms. The minimum Gasteiger partial charge on any atom is -0.0875 e. The summed E-state index contributed by atoms with van der Waals surface area (Å²) in [5.41, 5.74) is 1.17. The third-order valence-electron chi connectivity index (χ3n) is 1.39. The molecule has 0 unspecified atom stereocenters. The van der Waals surface area contributed by atoms with E-state index < -0.39 is 0 Å². The van der Waals surface area contributed by atoms with Crippen molar-refractivity contribution >= 4 is 27.0 Å². The van der Waals surface area contributed by atoms with E-state index in [4.69, 9.17) is 0 Å². The average molecular weight is 216 g/mol. The highest BCUT2D eigenvalue weighted by Crippen LogP contribution is 2.14. The van der Waals surface area contributed by atoms with Crippen molar-refractivity contribution in [3.63, 3.8) is 0 Å². The lowest BCUT2D eigenvalue weighted by Crippen LogP contribution is -2.07. The van der Waals surface area contributed by atoms with Gasteiger partial charge in [-0.1, -0.05) is 25.7 Å². The van der Waals surface area contributed by atoms with Crippen LogP contribution in [0, 0.1) is 4.91 Å². The predicted octanol–water partition coefficient (Wildman–Crippen LogP) is 1.44. The number of hydrogen-bond donors (Lipinski definition) is 1. The molecule has 0 atom stereocenters. The van der Waals surface area contributed by atoms with E-state index >= 15 is 0 Å². The van der Waals surface area contributed by atoms with Gasteiger partial charge in [0.25, 0.3) is 5.52 Å². The van der Waals surface area contributed by atoms with E-state index in [0.29, 0.717) is 15.6 Å². The molecule has 0 spiro atoms. The molecule has 0 saturated carbocycles. The minimum atomic E-state index is 0.432. The predicted molar refractivity (Wildman–Crippen MR) is 41.6 cm³/mol. The lowest BCUT2D eigenvalue weighted by Gasteiger charge is -1.80. The highest BCUT2D eigenvalue weighted by Gasteiger charge is 2.08. The molecule has 0 bridgehead atoms. The number of halogens is 1. The van der Waals surface area contributed by atoms with E-state index in [9.17, 15) is 4.91 Å². The quantitative estimate of drug-likeness (QED) is 0.724. The lowest BCUT2D eigenvalue weighted by molar-refractivity contribution is -0.692. The molecule has 2 rings (SSSR count). The van der Waals surface area contributed by atoms with Crippen LogP contribution in [0.2, 0.25) is 0 Å². The molecule has 1 aromatic carbocycles. The summed E-state index contributed by atoms with van der Waals surface area (Å²) >= 11 is 3.27. The fraction of sp³-hybridized carbons (Fsp3) is 0. The minimum absolute atomic E-state index is 0.432. The summed E-state index contributed by atoms with van der Waals surface area (Å²) in [6.07, 6.45) is 0. The topological polar surface area (TPSA) is 51.9 Å². The van der Waals surface area contributed by atoms with Gasteiger partial charge in [0.05, 0.1) is 0 Å². The number of aromatic amines is 1. The van der Waals surface area contributed by atoms with Gasteiger partial charge >= 0.3 is 0 Å². The smallest absolute Gasteiger partial charge is 0.0875 e. The second kappa shape index (κ2) is 2.20. The van der Waals surface area contributed by atoms with Crippen LogP contribution in [0.1, 0.15) is 0 Å². The van der Waals surface area contributed by atoms with Crippen LogP contribution < -0.4 is 4.60 Å². The van der Waals surface area contributed by atoms with E-state index in [-0.39, 0.29) is 0 Å². The normalized spacial score (nSPS) is 10.6. The van der Waals surface area contributed by atoms with Crippen LogP contribution in [0.3, 0.4) is 0 Å². The number of fused-ring (bicyclic) bond motifs is 1. The molecule has 1 heterocycles. The van der Waals surface area contributed by atoms with Crippen LogP contribution in [0.15, 0.2) is 27.3 Å².